The molecule has 0 unspecified atom stereocenters. The number of nitrogens with zero attached hydrogens (tertiary/aromatic N) is 4. The number of halogens is 1. The topological polar surface area (TPSA) is 55.2 Å². The second-order valence-corrected chi connectivity index (χ2v) is 8.49. The van der Waals surface area contributed by atoms with Crippen molar-refractivity contribution in [3.63, 3.8) is 0 Å². The number of thiocarbonyl (C=S) groups is 1. The van der Waals surface area contributed by atoms with E-state index in [0.29, 0.717) is 22.4 Å². The Labute approximate surface area is 202 Å². The van der Waals surface area contributed by atoms with E-state index in [4.69, 9.17) is 28.6 Å². The molecular weight excluding hydrogens is 454 g/mol. The maximum Gasteiger partial charge on any atom is 0.174 e. The smallest absolute Gasteiger partial charge is 0.174 e. The van der Waals surface area contributed by atoms with E-state index in [1.54, 1.807) is 13.3 Å². The van der Waals surface area contributed by atoms with Crippen molar-refractivity contribution in [2.24, 2.45) is 0 Å². The Bertz CT molecular complexity index is 1260. The van der Waals surface area contributed by atoms with Crippen LogP contribution in [0.3, 0.4) is 0 Å². The highest BCUT2D eigenvalue weighted by Gasteiger charge is 2.42. The molecule has 0 radical (unpaired) electrons. The van der Waals surface area contributed by atoms with E-state index in [0.717, 1.165) is 22.8 Å². The Morgan fingerprint density at radius 2 is 1.85 bits per heavy atom. The van der Waals surface area contributed by atoms with Crippen LogP contribution >= 0.6 is 23.8 Å². The third-order valence-electron chi connectivity index (χ3n) is 5.74. The first kappa shape index (κ1) is 21.4. The summed E-state index contributed by atoms with van der Waals surface area (Å²) in [6.07, 6.45) is 5.68. The fourth-order valence-electron chi connectivity index (χ4n) is 4.24. The third kappa shape index (κ3) is 4.17. The molecule has 1 saturated heterocycles. The third-order valence-corrected chi connectivity index (χ3v) is 6.35. The van der Waals surface area contributed by atoms with Gasteiger partial charge in [0.15, 0.2) is 5.11 Å². The molecular formula is C25H22ClN5OS. The second-order valence-electron chi connectivity index (χ2n) is 7.70. The van der Waals surface area contributed by atoms with Crippen LogP contribution in [0.1, 0.15) is 29.2 Å². The summed E-state index contributed by atoms with van der Waals surface area (Å²) in [7, 11) is 1.60. The summed E-state index contributed by atoms with van der Waals surface area (Å²) < 4.78 is 7.55. The molecule has 33 heavy (non-hydrogen) atoms. The van der Waals surface area contributed by atoms with E-state index in [-0.39, 0.29) is 12.1 Å². The van der Waals surface area contributed by atoms with Gasteiger partial charge in [0.2, 0.25) is 0 Å². The van der Waals surface area contributed by atoms with Crippen LogP contribution in [0.2, 0.25) is 5.02 Å². The fourth-order valence-corrected chi connectivity index (χ4v) is 4.84. The van der Waals surface area contributed by atoms with Crippen LogP contribution in [-0.2, 0) is 6.54 Å². The lowest BCUT2D eigenvalue weighted by Gasteiger charge is -2.29. The van der Waals surface area contributed by atoms with Gasteiger partial charge >= 0.3 is 0 Å². The lowest BCUT2D eigenvalue weighted by molar-refractivity contribution is 0.415. The highest BCUT2D eigenvalue weighted by atomic mass is 35.5. The molecule has 6 nitrogen and oxygen atoms in total. The minimum atomic E-state index is -0.143. The quantitative estimate of drug-likeness (QED) is 0.388. The van der Waals surface area contributed by atoms with Crippen LogP contribution in [0.4, 0.5) is 5.69 Å². The minimum Gasteiger partial charge on any atom is -0.495 e. The average molecular weight is 476 g/mol. The van der Waals surface area contributed by atoms with Crippen LogP contribution in [0, 0.1) is 0 Å². The van der Waals surface area contributed by atoms with Gasteiger partial charge in [-0.05, 0) is 66.8 Å². The predicted octanol–water partition coefficient (Wildman–Crippen LogP) is 5.17. The maximum atomic E-state index is 6.48. The van der Waals surface area contributed by atoms with Crippen LogP contribution in [-0.4, -0.2) is 26.8 Å². The Morgan fingerprint density at radius 3 is 2.55 bits per heavy atom. The molecule has 1 aromatic carbocycles. The first-order valence-corrected chi connectivity index (χ1v) is 11.3. The highest BCUT2D eigenvalue weighted by Crippen LogP contribution is 2.43. The molecule has 1 N–H and O–H groups in total. The molecule has 5 rings (SSSR count). The monoisotopic (exact) mass is 475 g/mol. The maximum absolute atomic E-state index is 6.48. The summed E-state index contributed by atoms with van der Waals surface area (Å²) in [6.45, 7) is 0.651. The van der Waals surface area contributed by atoms with Gasteiger partial charge in [0.25, 0.3) is 0 Å². The lowest BCUT2D eigenvalue weighted by atomic mass is 10.0. The number of hydrogen-bond acceptors (Lipinski definition) is 4. The summed E-state index contributed by atoms with van der Waals surface area (Å²) >= 11 is 12.3. The number of rotatable bonds is 6. The van der Waals surface area contributed by atoms with E-state index < -0.39 is 0 Å². The summed E-state index contributed by atoms with van der Waals surface area (Å²) in [5.74, 6) is 0.620. The molecule has 0 amide bonds. The Balaban J connectivity index is 1.60. The van der Waals surface area contributed by atoms with Crippen molar-refractivity contribution >= 4 is 34.6 Å². The lowest BCUT2D eigenvalue weighted by Crippen LogP contribution is -2.30. The summed E-state index contributed by atoms with van der Waals surface area (Å²) in [4.78, 5) is 11.2. The second kappa shape index (κ2) is 9.21. The number of aromatic nitrogens is 3. The van der Waals surface area contributed by atoms with E-state index in [9.17, 15) is 0 Å². The zero-order chi connectivity index (χ0) is 22.8. The van der Waals surface area contributed by atoms with Gasteiger partial charge in [-0.3, -0.25) is 9.97 Å². The van der Waals surface area contributed by atoms with Crippen molar-refractivity contribution in [1.82, 2.24) is 19.9 Å². The molecule has 1 aliphatic heterocycles. The Kier molecular flexibility index (Phi) is 5.98. The summed E-state index contributed by atoms with van der Waals surface area (Å²) in [6, 6.07) is 21.5. The number of hydrogen-bond donors (Lipinski definition) is 1. The van der Waals surface area contributed by atoms with Crippen molar-refractivity contribution in [2.45, 2.75) is 18.6 Å². The molecule has 166 valence electrons. The summed E-state index contributed by atoms with van der Waals surface area (Å²) in [5, 5.41) is 4.63. The zero-order valence-corrected chi connectivity index (χ0v) is 19.5. The van der Waals surface area contributed by atoms with Gasteiger partial charge < -0.3 is 19.5 Å². The normalized spacial score (nSPS) is 17.8. The number of methoxy groups -OCH3 is 1. The van der Waals surface area contributed by atoms with Gasteiger partial charge in [0.05, 0.1) is 36.1 Å². The van der Waals surface area contributed by atoms with Crippen molar-refractivity contribution in [2.75, 3.05) is 12.0 Å². The number of benzene rings is 1. The molecule has 2 atom stereocenters. The molecule has 0 bridgehead atoms. The molecule has 1 aliphatic rings. The average Bonchev–Trinajstić information content (AvgIpc) is 3.43. The van der Waals surface area contributed by atoms with Crippen LogP contribution in [0.5, 0.6) is 5.75 Å². The molecule has 4 heterocycles. The van der Waals surface area contributed by atoms with Crippen molar-refractivity contribution in [3.05, 3.63) is 107 Å². The molecule has 0 saturated carbocycles. The fraction of sp³-hybridized carbons (Fsp3) is 0.160. The molecule has 3 aromatic heterocycles. The van der Waals surface area contributed by atoms with Crippen LogP contribution in [0.15, 0.2) is 85.3 Å². The van der Waals surface area contributed by atoms with E-state index in [1.165, 1.54) is 0 Å². The number of anilines is 1. The van der Waals surface area contributed by atoms with Gasteiger partial charge in [-0.2, -0.15) is 0 Å². The van der Waals surface area contributed by atoms with Gasteiger partial charge in [0.1, 0.15) is 11.8 Å². The van der Waals surface area contributed by atoms with Crippen molar-refractivity contribution < 1.29 is 4.74 Å². The van der Waals surface area contributed by atoms with Crippen molar-refractivity contribution in [3.8, 4) is 5.75 Å². The number of nitrogens with one attached hydrogen (secondary N) is 1. The van der Waals surface area contributed by atoms with Gasteiger partial charge in [-0.1, -0.05) is 23.7 Å². The SMILES string of the molecule is COc1ccc(N2C(=S)N[C@@H](c3ccccn3)[C@H]2c2cccn2Cc2ccccn2)cc1Cl. The van der Waals surface area contributed by atoms with Gasteiger partial charge in [-0.25, -0.2) is 0 Å². The first-order chi connectivity index (χ1) is 16.2. The zero-order valence-electron chi connectivity index (χ0n) is 17.9. The van der Waals surface area contributed by atoms with E-state index in [1.807, 2.05) is 66.9 Å². The van der Waals surface area contributed by atoms with Crippen molar-refractivity contribution in [1.29, 1.82) is 0 Å². The van der Waals surface area contributed by atoms with Gasteiger partial charge in [-0.15, -0.1) is 0 Å². The van der Waals surface area contributed by atoms with Crippen LogP contribution in [0.25, 0.3) is 0 Å². The highest BCUT2D eigenvalue weighted by molar-refractivity contribution is 7.80. The molecule has 1 fully saturated rings. The summed E-state index contributed by atoms with van der Waals surface area (Å²) in [5.41, 5.74) is 3.87. The minimum absolute atomic E-state index is 0.142. The largest absolute Gasteiger partial charge is 0.495 e. The van der Waals surface area contributed by atoms with E-state index in [2.05, 4.69) is 37.0 Å². The predicted molar refractivity (Wildman–Crippen MR) is 134 cm³/mol. The van der Waals surface area contributed by atoms with Crippen LogP contribution < -0.4 is 15.0 Å². The van der Waals surface area contributed by atoms with E-state index >= 15 is 0 Å². The number of ether oxygens (including phenoxy) is 1. The Hall–Kier alpha value is -3.42. The molecule has 4 aromatic rings. The molecule has 0 spiro atoms. The Morgan fingerprint density at radius 1 is 1.03 bits per heavy atom. The number of pyridine rings is 2. The molecule has 8 heteroatoms. The standard InChI is InChI=1S/C25H22ClN5OS/c1-32-22-11-10-18(15-19(22)26)31-24(23(29-25(31)33)20-8-3-5-13-28-20)21-9-6-14-30(21)16-17-7-2-4-12-27-17/h2-15,23-24H,16H2,1H3,(H,29,33)/t23-,24+/m0/s1. The first-order valence-electron chi connectivity index (χ1n) is 10.5. The van der Waals surface area contributed by atoms with Gasteiger partial charge in [0, 0.05) is 30.0 Å². The molecule has 0 aliphatic carbocycles.